The van der Waals surface area contributed by atoms with Crippen LogP contribution >= 0.6 is 12.2 Å². The van der Waals surface area contributed by atoms with Crippen molar-refractivity contribution in [2.45, 2.75) is 18.9 Å². The van der Waals surface area contributed by atoms with Crippen molar-refractivity contribution in [3.63, 3.8) is 0 Å². The largest absolute Gasteiger partial charge is 0.361 e. The van der Waals surface area contributed by atoms with Crippen LogP contribution in [0.25, 0.3) is 0 Å². The van der Waals surface area contributed by atoms with Gasteiger partial charge in [-0.25, -0.2) is 0 Å². The number of nitrogens with one attached hydrogen (secondary N) is 2. The van der Waals surface area contributed by atoms with Gasteiger partial charge < -0.3 is 15.5 Å². The van der Waals surface area contributed by atoms with Gasteiger partial charge in [0, 0.05) is 19.1 Å². The van der Waals surface area contributed by atoms with Crippen LogP contribution in [0.2, 0.25) is 0 Å². The summed E-state index contributed by atoms with van der Waals surface area (Å²) in [7, 11) is 0. The number of hydrogen-bond acceptors (Lipinski definition) is 2. The highest BCUT2D eigenvalue weighted by molar-refractivity contribution is 7.80. The van der Waals surface area contributed by atoms with Crippen LogP contribution in [0.1, 0.15) is 12.8 Å². The molecule has 0 saturated carbocycles. The van der Waals surface area contributed by atoms with Crippen LogP contribution in [0.15, 0.2) is 0 Å². The van der Waals surface area contributed by atoms with Gasteiger partial charge in [0.2, 0.25) is 0 Å². The molecule has 2 aliphatic rings. The van der Waals surface area contributed by atoms with Crippen molar-refractivity contribution in [3.05, 3.63) is 0 Å². The number of nitrogens with zero attached hydrogens (tertiary/aromatic N) is 1. The van der Waals surface area contributed by atoms with Gasteiger partial charge in [-0.3, -0.25) is 0 Å². The fourth-order valence-corrected chi connectivity index (χ4v) is 2.30. The Kier molecular flexibility index (Phi) is 2.46. The predicted molar refractivity (Wildman–Crippen MR) is 53.2 cm³/mol. The van der Waals surface area contributed by atoms with Gasteiger partial charge in [0.05, 0.1) is 0 Å². The van der Waals surface area contributed by atoms with E-state index in [0.29, 0.717) is 6.04 Å². The van der Waals surface area contributed by atoms with Crippen LogP contribution in [0.4, 0.5) is 0 Å². The van der Waals surface area contributed by atoms with Crippen LogP contribution in [0.5, 0.6) is 0 Å². The zero-order valence-corrected chi connectivity index (χ0v) is 7.99. The number of hydrogen-bond donors (Lipinski definition) is 2. The fourth-order valence-electron chi connectivity index (χ4n) is 1.95. The molecule has 0 bridgehead atoms. The van der Waals surface area contributed by atoms with E-state index in [2.05, 4.69) is 15.5 Å². The minimum atomic E-state index is 0.689. The Labute approximate surface area is 78.5 Å². The van der Waals surface area contributed by atoms with Gasteiger partial charge in [0.1, 0.15) is 0 Å². The third-order valence-corrected chi connectivity index (χ3v) is 3.02. The van der Waals surface area contributed by atoms with Crippen molar-refractivity contribution in [1.29, 1.82) is 0 Å². The quantitative estimate of drug-likeness (QED) is 0.559. The van der Waals surface area contributed by atoms with Crippen molar-refractivity contribution < 1.29 is 0 Å². The van der Waals surface area contributed by atoms with Gasteiger partial charge in [0.15, 0.2) is 5.11 Å². The summed E-state index contributed by atoms with van der Waals surface area (Å²) >= 11 is 5.22. The second kappa shape index (κ2) is 3.58. The smallest absolute Gasteiger partial charge is 0.169 e. The topological polar surface area (TPSA) is 27.3 Å². The second-order valence-corrected chi connectivity index (χ2v) is 3.79. The summed E-state index contributed by atoms with van der Waals surface area (Å²) in [6.45, 7) is 4.42. The van der Waals surface area contributed by atoms with Gasteiger partial charge in [-0.2, -0.15) is 0 Å². The van der Waals surface area contributed by atoms with Crippen LogP contribution in [-0.4, -0.2) is 42.2 Å². The summed E-state index contributed by atoms with van der Waals surface area (Å²) in [4.78, 5) is 2.34. The molecule has 3 nitrogen and oxygen atoms in total. The Balaban J connectivity index is 1.93. The van der Waals surface area contributed by atoms with Crippen molar-refractivity contribution in [1.82, 2.24) is 15.5 Å². The number of thiocarbonyl (C=S) groups is 1. The average molecular weight is 185 g/mol. The molecule has 2 aliphatic heterocycles. The van der Waals surface area contributed by atoms with E-state index in [9.17, 15) is 0 Å². The molecule has 0 aliphatic carbocycles. The molecule has 2 N–H and O–H groups in total. The highest BCUT2D eigenvalue weighted by Crippen LogP contribution is 2.13. The maximum atomic E-state index is 5.22. The molecule has 0 radical (unpaired) electrons. The van der Waals surface area contributed by atoms with Crippen molar-refractivity contribution in [2.24, 2.45) is 0 Å². The van der Waals surface area contributed by atoms with Crippen molar-refractivity contribution in [3.8, 4) is 0 Å². The Morgan fingerprint density at radius 3 is 2.58 bits per heavy atom. The predicted octanol–water partition coefficient (Wildman–Crippen LogP) is -0.0715. The normalized spacial score (nSPS) is 26.0. The second-order valence-electron chi connectivity index (χ2n) is 3.41. The summed E-state index contributed by atoms with van der Waals surface area (Å²) in [6, 6.07) is 0.689. The molecule has 0 unspecified atom stereocenters. The molecule has 12 heavy (non-hydrogen) atoms. The molecule has 68 valence electrons. The lowest BCUT2D eigenvalue weighted by atomic mass is 10.1. The minimum absolute atomic E-state index is 0.689. The third-order valence-electron chi connectivity index (χ3n) is 2.64. The molecule has 0 amide bonds. The monoisotopic (exact) mass is 185 g/mol. The Morgan fingerprint density at radius 2 is 2.00 bits per heavy atom. The minimum Gasteiger partial charge on any atom is -0.361 e. The van der Waals surface area contributed by atoms with E-state index in [-0.39, 0.29) is 0 Å². The van der Waals surface area contributed by atoms with E-state index in [1.807, 2.05) is 0 Å². The molecular weight excluding hydrogens is 170 g/mol. The van der Waals surface area contributed by atoms with E-state index in [4.69, 9.17) is 12.2 Å². The molecule has 0 spiro atoms. The molecule has 0 aromatic carbocycles. The summed E-state index contributed by atoms with van der Waals surface area (Å²) in [5.74, 6) is 0. The first kappa shape index (κ1) is 8.26. The summed E-state index contributed by atoms with van der Waals surface area (Å²) < 4.78 is 0. The molecule has 0 aromatic rings. The lowest BCUT2D eigenvalue weighted by Gasteiger charge is -2.31. The summed E-state index contributed by atoms with van der Waals surface area (Å²) in [6.07, 6.45) is 2.48. The molecule has 2 heterocycles. The maximum absolute atomic E-state index is 5.22. The molecular formula is C8H15N3S. The Morgan fingerprint density at radius 1 is 1.25 bits per heavy atom. The van der Waals surface area contributed by atoms with Crippen molar-refractivity contribution in [2.75, 3.05) is 26.2 Å². The number of piperidine rings is 1. The van der Waals surface area contributed by atoms with E-state index in [0.717, 1.165) is 31.3 Å². The van der Waals surface area contributed by atoms with Crippen molar-refractivity contribution >= 4 is 17.3 Å². The summed E-state index contributed by atoms with van der Waals surface area (Å²) in [5.41, 5.74) is 0. The van der Waals surface area contributed by atoms with Gasteiger partial charge in [0.25, 0.3) is 0 Å². The first-order valence-electron chi connectivity index (χ1n) is 4.63. The van der Waals surface area contributed by atoms with Gasteiger partial charge in [-0.05, 0) is 38.1 Å². The zero-order chi connectivity index (χ0) is 8.39. The van der Waals surface area contributed by atoms with E-state index in [1.54, 1.807) is 0 Å². The molecule has 0 atom stereocenters. The van der Waals surface area contributed by atoms with E-state index >= 15 is 0 Å². The highest BCUT2D eigenvalue weighted by atomic mass is 32.1. The molecule has 2 fully saturated rings. The Hall–Kier alpha value is -0.350. The maximum Gasteiger partial charge on any atom is 0.169 e. The zero-order valence-electron chi connectivity index (χ0n) is 7.18. The standard InChI is InChI=1S/C8H15N3S/c12-8-10-5-6-11(8)7-1-3-9-4-2-7/h7,9H,1-6H2,(H,10,12). The van der Waals surface area contributed by atoms with Gasteiger partial charge in [-0.1, -0.05) is 0 Å². The molecule has 2 saturated heterocycles. The van der Waals surface area contributed by atoms with Gasteiger partial charge >= 0.3 is 0 Å². The van der Waals surface area contributed by atoms with E-state index in [1.165, 1.54) is 12.8 Å². The summed E-state index contributed by atoms with van der Waals surface area (Å²) in [5, 5.41) is 7.53. The molecule has 0 aromatic heterocycles. The number of rotatable bonds is 1. The highest BCUT2D eigenvalue weighted by Gasteiger charge is 2.25. The van der Waals surface area contributed by atoms with Crippen LogP contribution in [0.3, 0.4) is 0 Å². The first-order valence-corrected chi connectivity index (χ1v) is 5.04. The van der Waals surface area contributed by atoms with Crippen LogP contribution in [-0.2, 0) is 0 Å². The van der Waals surface area contributed by atoms with Crippen LogP contribution < -0.4 is 10.6 Å². The fraction of sp³-hybridized carbons (Fsp3) is 0.875. The molecule has 4 heteroatoms. The Bertz CT molecular complexity index is 177. The van der Waals surface area contributed by atoms with Gasteiger partial charge in [-0.15, -0.1) is 0 Å². The van der Waals surface area contributed by atoms with Crippen LogP contribution in [0, 0.1) is 0 Å². The average Bonchev–Trinajstić information content (AvgIpc) is 2.53. The lowest BCUT2D eigenvalue weighted by molar-refractivity contribution is 0.274. The SMILES string of the molecule is S=C1NCCN1C1CCNCC1. The first-order chi connectivity index (χ1) is 5.88. The third kappa shape index (κ3) is 1.54. The van der Waals surface area contributed by atoms with E-state index < -0.39 is 0 Å². The molecule has 2 rings (SSSR count). The lowest BCUT2D eigenvalue weighted by Crippen LogP contribution is -2.44.